The summed E-state index contributed by atoms with van der Waals surface area (Å²) < 4.78 is 5.65. The van der Waals surface area contributed by atoms with Gasteiger partial charge in [-0.15, -0.1) is 0 Å². The van der Waals surface area contributed by atoms with Crippen LogP contribution in [0.25, 0.3) is 22.2 Å². The molecule has 2 heterocycles. The van der Waals surface area contributed by atoms with Gasteiger partial charge in [-0.2, -0.15) is 0 Å². The zero-order chi connectivity index (χ0) is 30.4. The van der Waals surface area contributed by atoms with Crippen LogP contribution in [-0.2, 0) is 14.3 Å². The number of nitrogens with zero attached hydrogens (tertiary/aromatic N) is 2. The maximum absolute atomic E-state index is 13.5. The quantitative estimate of drug-likeness (QED) is 0.133. The molecule has 4 atom stereocenters. The van der Waals surface area contributed by atoms with Crippen molar-refractivity contribution < 1.29 is 23.9 Å². The second-order valence-corrected chi connectivity index (χ2v) is 12.0. The third-order valence-electron chi connectivity index (χ3n) is 8.71. The topological polar surface area (TPSA) is 93.6 Å². The molecule has 2 aliphatic rings. The van der Waals surface area contributed by atoms with Crippen LogP contribution in [0.5, 0.6) is 0 Å². The molecule has 6 rings (SSSR count). The van der Waals surface area contributed by atoms with Crippen molar-refractivity contribution in [3.63, 3.8) is 0 Å². The second kappa shape index (κ2) is 11.4. The standard InChI is InChI=1S/C35H31ClN2O5/c1-19-9-14-26-27(17-19)34(41)38(33(26)40)24-12-10-22(11-13-24)30-18-28(25-15-16-29(36)20(2)31(25)37-30)35(42)43-21(3)32(39)23-7-5-4-6-8-23/h4-8,10-13,15-16,18-19,21,26-27H,9,14,17H2,1-3H3. The van der Waals surface area contributed by atoms with Crippen LogP contribution < -0.4 is 4.90 Å². The van der Waals surface area contributed by atoms with Crippen LogP contribution in [0.4, 0.5) is 5.69 Å². The van der Waals surface area contributed by atoms with Gasteiger partial charge >= 0.3 is 5.97 Å². The molecular weight excluding hydrogens is 564 g/mol. The van der Waals surface area contributed by atoms with Gasteiger partial charge in [0.05, 0.1) is 34.3 Å². The summed E-state index contributed by atoms with van der Waals surface area (Å²) in [7, 11) is 0. The molecule has 43 heavy (non-hydrogen) atoms. The Kier molecular flexibility index (Phi) is 7.61. The van der Waals surface area contributed by atoms with E-state index in [-0.39, 0.29) is 35.0 Å². The first kappa shape index (κ1) is 28.7. The zero-order valence-electron chi connectivity index (χ0n) is 24.2. The Hall–Kier alpha value is -4.36. The first-order valence-electron chi connectivity index (χ1n) is 14.5. The Balaban J connectivity index is 1.33. The van der Waals surface area contributed by atoms with Gasteiger partial charge in [0.2, 0.25) is 17.6 Å². The molecule has 3 aromatic carbocycles. The third-order valence-corrected chi connectivity index (χ3v) is 9.12. The molecule has 7 nitrogen and oxygen atoms in total. The fraction of sp³-hybridized carbons (Fsp3) is 0.286. The maximum atomic E-state index is 13.5. The molecule has 0 radical (unpaired) electrons. The SMILES string of the molecule is Cc1c(Cl)ccc2c(C(=O)OC(C)C(=O)c3ccccc3)cc(-c3ccc(N4C(=O)C5CCC(C)CC5C4=O)cc3)nc12. The number of carbonyl (C=O) groups is 4. The summed E-state index contributed by atoms with van der Waals surface area (Å²) in [5, 5.41) is 1.05. The zero-order valence-corrected chi connectivity index (χ0v) is 24.9. The highest BCUT2D eigenvalue weighted by Crippen LogP contribution is 2.42. The van der Waals surface area contributed by atoms with Crippen LogP contribution in [-0.4, -0.2) is 34.7 Å². The highest BCUT2D eigenvalue weighted by Gasteiger charge is 2.49. The fourth-order valence-corrected chi connectivity index (χ4v) is 6.41. The van der Waals surface area contributed by atoms with Gasteiger partial charge < -0.3 is 4.74 Å². The number of amides is 2. The molecule has 1 aliphatic carbocycles. The van der Waals surface area contributed by atoms with Crippen molar-refractivity contribution in [3.8, 4) is 11.3 Å². The van der Waals surface area contributed by atoms with Crippen LogP contribution >= 0.6 is 11.6 Å². The number of benzene rings is 3. The molecule has 0 bridgehead atoms. The van der Waals surface area contributed by atoms with Crippen LogP contribution in [0.2, 0.25) is 5.02 Å². The number of ketones is 1. The lowest BCUT2D eigenvalue weighted by Gasteiger charge is -2.25. The Morgan fingerprint density at radius 3 is 2.37 bits per heavy atom. The highest BCUT2D eigenvalue weighted by atomic mass is 35.5. The molecule has 8 heteroatoms. The van der Waals surface area contributed by atoms with E-state index in [9.17, 15) is 19.2 Å². The number of aromatic nitrogens is 1. The lowest BCUT2D eigenvalue weighted by Crippen LogP contribution is -2.30. The number of imide groups is 1. The van der Waals surface area contributed by atoms with Gasteiger partial charge in [0, 0.05) is 21.5 Å². The summed E-state index contributed by atoms with van der Waals surface area (Å²) in [4.78, 5) is 59.0. The number of hydrogen-bond donors (Lipinski definition) is 0. The van der Waals surface area contributed by atoms with E-state index in [1.54, 1.807) is 73.7 Å². The molecule has 2 fully saturated rings. The number of rotatable bonds is 6. The number of Topliss-reactive ketones (excluding diaryl/α,β-unsaturated/α-hetero) is 1. The van der Waals surface area contributed by atoms with Crippen molar-refractivity contribution in [2.24, 2.45) is 17.8 Å². The number of hydrogen-bond acceptors (Lipinski definition) is 6. The minimum Gasteiger partial charge on any atom is -0.451 e. The van der Waals surface area contributed by atoms with Gasteiger partial charge in [-0.05, 0) is 68.9 Å². The Morgan fingerprint density at radius 1 is 0.953 bits per heavy atom. The summed E-state index contributed by atoms with van der Waals surface area (Å²) in [6.45, 7) is 5.50. The Bertz CT molecular complexity index is 1770. The molecule has 1 aliphatic heterocycles. The first-order valence-corrected chi connectivity index (χ1v) is 14.9. The summed E-state index contributed by atoms with van der Waals surface area (Å²) in [5.41, 5.74) is 3.62. The van der Waals surface area contributed by atoms with Gasteiger partial charge in [-0.3, -0.25) is 19.3 Å². The molecule has 1 saturated carbocycles. The van der Waals surface area contributed by atoms with Crippen molar-refractivity contribution in [1.82, 2.24) is 4.98 Å². The van der Waals surface area contributed by atoms with Gasteiger partial charge in [-0.25, -0.2) is 9.78 Å². The van der Waals surface area contributed by atoms with E-state index >= 15 is 0 Å². The number of halogens is 1. The number of carbonyl (C=O) groups excluding carboxylic acids is 4. The smallest absolute Gasteiger partial charge is 0.339 e. The number of ether oxygens (including phenoxy) is 1. The lowest BCUT2D eigenvalue weighted by molar-refractivity contribution is -0.122. The largest absolute Gasteiger partial charge is 0.451 e. The van der Waals surface area contributed by atoms with Gasteiger partial charge in [-0.1, -0.05) is 67.1 Å². The van der Waals surface area contributed by atoms with Crippen molar-refractivity contribution in [2.75, 3.05) is 4.90 Å². The average molecular weight is 595 g/mol. The monoisotopic (exact) mass is 594 g/mol. The first-order chi connectivity index (χ1) is 20.6. The van der Waals surface area contributed by atoms with E-state index in [4.69, 9.17) is 21.3 Å². The van der Waals surface area contributed by atoms with Gasteiger partial charge in [0.25, 0.3) is 0 Å². The van der Waals surface area contributed by atoms with Crippen molar-refractivity contribution in [1.29, 1.82) is 0 Å². The highest BCUT2D eigenvalue weighted by molar-refractivity contribution is 6.32. The molecule has 0 spiro atoms. The predicted molar refractivity (Wildman–Crippen MR) is 165 cm³/mol. The number of pyridine rings is 1. The summed E-state index contributed by atoms with van der Waals surface area (Å²) in [6.07, 6.45) is 1.42. The lowest BCUT2D eigenvalue weighted by atomic mass is 9.76. The fourth-order valence-electron chi connectivity index (χ4n) is 6.26. The van der Waals surface area contributed by atoms with E-state index in [0.717, 1.165) is 19.3 Å². The van der Waals surface area contributed by atoms with E-state index in [0.29, 0.717) is 49.9 Å². The van der Waals surface area contributed by atoms with E-state index < -0.39 is 12.1 Å². The summed E-state index contributed by atoms with van der Waals surface area (Å²) in [5.74, 6) is -1.30. The molecule has 218 valence electrons. The Morgan fingerprint density at radius 2 is 1.65 bits per heavy atom. The molecule has 1 saturated heterocycles. The molecule has 4 aromatic rings. The maximum Gasteiger partial charge on any atom is 0.339 e. The predicted octanol–water partition coefficient (Wildman–Crippen LogP) is 7.22. The molecule has 4 unspecified atom stereocenters. The second-order valence-electron chi connectivity index (χ2n) is 11.6. The van der Waals surface area contributed by atoms with E-state index in [2.05, 4.69) is 6.92 Å². The Labute approximate surface area is 254 Å². The molecule has 1 aromatic heterocycles. The number of anilines is 1. The minimum atomic E-state index is -1.00. The normalized spacial score (nSPS) is 20.7. The van der Waals surface area contributed by atoms with Crippen molar-refractivity contribution >= 4 is 51.8 Å². The van der Waals surface area contributed by atoms with Gasteiger partial charge in [0.1, 0.15) is 0 Å². The van der Waals surface area contributed by atoms with Gasteiger partial charge in [0.15, 0.2) is 6.10 Å². The number of fused-ring (bicyclic) bond motifs is 2. The average Bonchev–Trinajstić information content (AvgIpc) is 3.26. The number of aryl methyl sites for hydroxylation is 1. The summed E-state index contributed by atoms with van der Waals surface area (Å²) in [6, 6.07) is 20.8. The van der Waals surface area contributed by atoms with E-state index in [1.165, 1.54) is 4.90 Å². The van der Waals surface area contributed by atoms with Crippen LogP contribution in [0.15, 0.2) is 72.8 Å². The molecular formula is C35H31ClN2O5. The molecule has 0 N–H and O–H groups in total. The molecule has 2 amide bonds. The third kappa shape index (κ3) is 5.23. The van der Waals surface area contributed by atoms with Crippen LogP contribution in [0.3, 0.4) is 0 Å². The van der Waals surface area contributed by atoms with Crippen LogP contribution in [0, 0.1) is 24.7 Å². The number of esters is 1. The van der Waals surface area contributed by atoms with Crippen molar-refractivity contribution in [2.45, 2.75) is 46.1 Å². The van der Waals surface area contributed by atoms with E-state index in [1.807, 2.05) is 13.0 Å². The summed E-state index contributed by atoms with van der Waals surface area (Å²) >= 11 is 6.42. The van der Waals surface area contributed by atoms with Crippen molar-refractivity contribution in [3.05, 3.63) is 94.5 Å². The minimum absolute atomic E-state index is 0.132. The van der Waals surface area contributed by atoms with Crippen LogP contribution in [0.1, 0.15) is 59.4 Å².